The van der Waals surface area contributed by atoms with Gasteiger partial charge in [0.25, 0.3) is 0 Å². The molecule has 0 aliphatic rings. The standard InChI is InChI=1S/C16H13Cl2N3/c1-9-5-7-10(8-6-9)13-15(20-21-16(13)19)14-11(17)3-2-4-12(14)18/h2-8H,1H3,(H3,19,20,21). The van der Waals surface area contributed by atoms with Crippen molar-refractivity contribution in [3.05, 3.63) is 58.1 Å². The molecule has 0 bridgehead atoms. The molecule has 0 unspecified atom stereocenters. The fourth-order valence-corrected chi connectivity index (χ4v) is 2.87. The van der Waals surface area contributed by atoms with Crippen LogP contribution in [0.15, 0.2) is 42.5 Å². The number of aryl methyl sites for hydroxylation is 1. The molecule has 0 fully saturated rings. The van der Waals surface area contributed by atoms with E-state index >= 15 is 0 Å². The molecule has 5 heteroatoms. The van der Waals surface area contributed by atoms with E-state index in [2.05, 4.69) is 10.2 Å². The van der Waals surface area contributed by atoms with Crippen molar-refractivity contribution in [2.24, 2.45) is 0 Å². The molecule has 1 heterocycles. The first-order chi connectivity index (χ1) is 10.1. The van der Waals surface area contributed by atoms with Crippen molar-refractivity contribution in [1.29, 1.82) is 0 Å². The minimum atomic E-state index is 0.421. The zero-order valence-electron chi connectivity index (χ0n) is 11.3. The van der Waals surface area contributed by atoms with Gasteiger partial charge in [0.1, 0.15) is 0 Å². The summed E-state index contributed by atoms with van der Waals surface area (Å²) in [7, 11) is 0. The van der Waals surface area contributed by atoms with Crippen LogP contribution >= 0.6 is 23.2 Å². The van der Waals surface area contributed by atoms with Crippen LogP contribution in [0.25, 0.3) is 22.4 Å². The molecule has 3 N–H and O–H groups in total. The van der Waals surface area contributed by atoms with Crippen molar-refractivity contribution in [2.75, 3.05) is 5.73 Å². The number of halogens is 2. The summed E-state index contributed by atoms with van der Waals surface area (Å²) in [5.41, 5.74) is 10.4. The Morgan fingerprint density at radius 1 is 0.952 bits per heavy atom. The number of nitrogen functional groups attached to an aromatic ring is 1. The topological polar surface area (TPSA) is 54.7 Å². The Morgan fingerprint density at radius 3 is 2.19 bits per heavy atom. The number of aromatic amines is 1. The molecule has 0 spiro atoms. The molecule has 3 aromatic rings. The third-order valence-electron chi connectivity index (χ3n) is 3.35. The maximum absolute atomic E-state index is 6.28. The lowest BCUT2D eigenvalue weighted by molar-refractivity contribution is 1.10. The van der Waals surface area contributed by atoms with Gasteiger partial charge in [-0.1, -0.05) is 59.1 Å². The number of hydrogen-bond acceptors (Lipinski definition) is 2. The van der Waals surface area contributed by atoms with Crippen LogP contribution in [0.4, 0.5) is 5.82 Å². The summed E-state index contributed by atoms with van der Waals surface area (Å²) in [4.78, 5) is 0. The summed E-state index contributed by atoms with van der Waals surface area (Å²) >= 11 is 12.6. The Labute approximate surface area is 132 Å². The number of H-pyrrole nitrogens is 1. The lowest BCUT2D eigenvalue weighted by Crippen LogP contribution is -1.90. The maximum Gasteiger partial charge on any atom is 0.153 e. The van der Waals surface area contributed by atoms with Crippen molar-refractivity contribution >= 4 is 29.0 Å². The second kappa shape index (κ2) is 5.43. The Morgan fingerprint density at radius 2 is 1.57 bits per heavy atom. The lowest BCUT2D eigenvalue weighted by atomic mass is 10.00. The van der Waals surface area contributed by atoms with E-state index in [0.717, 1.165) is 16.8 Å². The van der Waals surface area contributed by atoms with Crippen molar-refractivity contribution in [3.63, 3.8) is 0 Å². The number of anilines is 1. The molecule has 0 amide bonds. The SMILES string of the molecule is Cc1ccc(-c2c(N)n[nH]c2-c2c(Cl)cccc2Cl)cc1. The molecule has 3 nitrogen and oxygen atoms in total. The zero-order valence-corrected chi connectivity index (χ0v) is 12.8. The summed E-state index contributed by atoms with van der Waals surface area (Å²) in [6, 6.07) is 13.5. The van der Waals surface area contributed by atoms with Crippen LogP contribution in [-0.2, 0) is 0 Å². The van der Waals surface area contributed by atoms with Gasteiger partial charge in [0, 0.05) is 5.56 Å². The molecule has 1 aromatic heterocycles. The molecule has 21 heavy (non-hydrogen) atoms. The monoisotopic (exact) mass is 317 g/mol. The number of aromatic nitrogens is 2. The summed E-state index contributed by atoms with van der Waals surface area (Å²) in [6.45, 7) is 2.04. The Hall–Kier alpha value is -1.97. The van der Waals surface area contributed by atoms with Gasteiger partial charge in [0.05, 0.1) is 21.3 Å². The smallest absolute Gasteiger partial charge is 0.153 e. The molecular formula is C16H13Cl2N3. The average Bonchev–Trinajstić information content (AvgIpc) is 2.82. The van der Waals surface area contributed by atoms with Gasteiger partial charge < -0.3 is 5.73 Å². The van der Waals surface area contributed by atoms with E-state index in [1.807, 2.05) is 31.2 Å². The highest BCUT2D eigenvalue weighted by Crippen LogP contribution is 2.41. The Bertz CT molecular complexity index is 772. The third-order valence-corrected chi connectivity index (χ3v) is 3.98. The van der Waals surface area contributed by atoms with E-state index in [9.17, 15) is 0 Å². The predicted octanol–water partition coefficient (Wildman–Crippen LogP) is 4.94. The summed E-state index contributed by atoms with van der Waals surface area (Å²) < 4.78 is 0. The largest absolute Gasteiger partial charge is 0.382 e. The van der Waals surface area contributed by atoms with Gasteiger partial charge in [-0.25, -0.2) is 0 Å². The average molecular weight is 318 g/mol. The molecule has 0 saturated carbocycles. The predicted molar refractivity (Wildman–Crippen MR) is 88.6 cm³/mol. The molecule has 3 rings (SSSR count). The highest BCUT2D eigenvalue weighted by molar-refractivity contribution is 6.39. The van der Waals surface area contributed by atoms with E-state index in [4.69, 9.17) is 28.9 Å². The van der Waals surface area contributed by atoms with Crippen LogP contribution in [0.3, 0.4) is 0 Å². The molecule has 0 radical (unpaired) electrons. The van der Waals surface area contributed by atoms with Gasteiger partial charge >= 0.3 is 0 Å². The van der Waals surface area contributed by atoms with Gasteiger partial charge in [-0.3, -0.25) is 5.10 Å². The molecule has 0 atom stereocenters. The van der Waals surface area contributed by atoms with E-state index in [-0.39, 0.29) is 0 Å². The van der Waals surface area contributed by atoms with Crippen LogP contribution in [0, 0.1) is 6.92 Å². The van der Waals surface area contributed by atoms with Gasteiger partial charge in [-0.2, -0.15) is 5.10 Å². The number of benzene rings is 2. The van der Waals surface area contributed by atoms with Gasteiger partial charge in [-0.15, -0.1) is 0 Å². The summed E-state index contributed by atoms with van der Waals surface area (Å²) in [5.74, 6) is 0.421. The number of nitrogens with two attached hydrogens (primary N) is 1. The Balaban J connectivity index is 2.24. The van der Waals surface area contributed by atoms with Crippen molar-refractivity contribution in [3.8, 4) is 22.4 Å². The fraction of sp³-hybridized carbons (Fsp3) is 0.0625. The zero-order chi connectivity index (χ0) is 15.0. The summed E-state index contributed by atoms with van der Waals surface area (Å²) in [6.07, 6.45) is 0. The first-order valence-electron chi connectivity index (χ1n) is 6.43. The molecule has 106 valence electrons. The van der Waals surface area contributed by atoms with E-state index < -0.39 is 0 Å². The molecule has 0 aliphatic heterocycles. The number of hydrogen-bond donors (Lipinski definition) is 2. The lowest BCUT2D eigenvalue weighted by Gasteiger charge is -2.08. The summed E-state index contributed by atoms with van der Waals surface area (Å²) in [5, 5.41) is 8.16. The maximum atomic E-state index is 6.28. The van der Waals surface area contributed by atoms with Gasteiger partial charge in [-0.05, 0) is 24.6 Å². The Kier molecular flexibility index (Phi) is 3.62. The van der Waals surface area contributed by atoms with Crippen molar-refractivity contribution in [2.45, 2.75) is 6.92 Å². The van der Waals surface area contributed by atoms with Crippen LogP contribution in [0.2, 0.25) is 10.0 Å². The second-order valence-corrected chi connectivity index (χ2v) is 5.64. The number of nitrogens with zero attached hydrogens (tertiary/aromatic N) is 1. The highest BCUT2D eigenvalue weighted by Gasteiger charge is 2.19. The normalized spacial score (nSPS) is 10.8. The molecule has 2 aromatic carbocycles. The van der Waals surface area contributed by atoms with E-state index in [1.54, 1.807) is 18.2 Å². The van der Waals surface area contributed by atoms with E-state index in [0.29, 0.717) is 21.4 Å². The first kappa shape index (κ1) is 14.0. The number of nitrogens with one attached hydrogen (secondary N) is 1. The fourth-order valence-electron chi connectivity index (χ4n) is 2.29. The quantitative estimate of drug-likeness (QED) is 0.703. The first-order valence-corrected chi connectivity index (χ1v) is 7.19. The van der Waals surface area contributed by atoms with Gasteiger partial charge in [0.15, 0.2) is 5.82 Å². The minimum absolute atomic E-state index is 0.421. The van der Waals surface area contributed by atoms with Crippen LogP contribution in [0.5, 0.6) is 0 Å². The molecule has 0 saturated heterocycles. The minimum Gasteiger partial charge on any atom is -0.382 e. The second-order valence-electron chi connectivity index (χ2n) is 4.82. The molecular weight excluding hydrogens is 305 g/mol. The van der Waals surface area contributed by atoms with Crippen LogP contribution < -0.4 is 5.73 Å². The molecule has 0 aliphatic carbocycles. The van der Waals surface area contributed by atoms with Crippen molar-refractivity contribution in [1.82, 2.24) is 10.2 Å². The van der Waals surface area contributed by atoms with Crippen molar-refractivity contribution < 1.29 is 0 Å². The van der Waals surface area contributed by atoms with E-state index in [1.165, 1.54) is 5.56 Å². The van der Waals surface area contributed by atoms with Gasteiger partial charge in [0.2, 0.25) is 0 Å². The van der Waals surface area contributed by atoms with Crippen LogP contribution in [0.1, 0.15) is 5.56 Å². The number of rotatable bonds is 2. The third kappa shape index (κ3) is 2.50. The van der Waals surface area contributed by atoms with Crippen LogP contribution in [-0.4, -0.2) is 10.2 Å². The highest BCUT2D eigenvalue weighted by atomic mass is 35.5.